The summed E-state index contributed by atoms with van der Waals surface area (Å²) in [5.74, 6) is -1.26. The number of thiazole rings is 1. The van der Waals surface area contributed by atoms with E-state index in [2.05, 4.69) is 39.3 Å². The smallest absolute Gasteiger partial charge is 0.280 e. The summed E-state index contributed by atoms with van der Waals surface area (Å²) in [6.45, 7) is 6.56. The van der Waals surface area contributed by atoms with Crippen LogP contribution in [0.1, 0.15) is 51.1 Å². The number of aromatic amines is 1. The normalized spacial score (nSPS) is 19.3. The summed E-state index contributed by atoms with van der Waals surface area (Å²) >= 11 is 1.40. The van der Waals surface area contributed by atoms with Crippen molar-refractivity contribution in [3.8, 4) is 0 Å². The summed E-state index contributed by atoms with van der Waals surface area (Å²) in [5, 5.41) is 7.01. The molecule has 3 aromatic rings. The number of methoxy groups -OCH3 is 1. The average molecular weight is 593 g/mol. The maximum atomic E-state index is 13.6. The second-order valence-corrected chi connectivity index (χ2v) is 11.4. The van der Waals surface area contributed by atoms with Gasteiger partial charge in [-0.3, -0.25) is 19.3 Å². The molecule has 5 rings (SSSR count). The fourth-order valence-corrected chi connectivity index (χ4v) is 6.20. The van der Waals surface area contributed by atoms with Gasteiger partial charge < -0.3 is 25.3 Å². The zero-order valence-electron chi connectivity index (χ0n) is 22.7. The van der Waals surface area contributed by atoms with E-state index in [-0.39, 0.29) is 49.1 Å². The molecule has 0 radical (unpaired) electrons. The molecule has 2 atom stereocenters. The van der Waals surface area contributed by atoms with Gasteiger partial charge in [-0.15, -0.1) is 23.7 Å². The molecular weight excluding hydrogens is 559 g/mol. The van der Waals surface area contributed by atoms with Crippen LogP contribution in [0.3, 0.4) is 0 Å². The number of nitrogens with one attached hydrogen (secondary N) is 3. The molecule has 2 unspecified atom stereocenters. The minimum Gasteiger partial charge on any atom is -0.375 e. The van der Waals surface area contributed by atoms with Crippen molar-refractivity contribution in [1.29, 1.82) is 0 Å². The van der Waals surface area contributed by atoms with Gasteiger partial charge in [-0.25, -0.2) is 9.37 Å². The molecule has 1 fully saturated rings. The Bertz CT molecular complexity index is 1390. The van der Waals surface area contributed by atoms with Gasteiger partial charge >= 0.3 is 0 Å². The van der Waals surface area contributed by atoms with E-state index in [1.54, 1.807) is 17.0 Å². The molecule has 1 aromatic carbocycles. The third-order valence-electron chi connectivity index (χ3n) is 7.38. The molecule has 0 bridgehead atoms. The number of ether oxygens (including phenoxy) is 1. The molecule has 2 aliphatic heterocycles. The molecule has 2 aliphatic rings. The Kier molecular flexibility index (Phi) is 9.44. The van der Waals surface area contributed by atoms with Crippen molar-refractivity contribution in [3.05, 3.63) is 51.4 Å². The molecule has 0 saturated carbocycles. The number of hydrogen-bond acceptors (Lipinski definition) is 7. The van der Waals surface area contributed by atoms with E-state index >= 15 is 0 Å². The van der Waals surface area contributed by atoms with Crippen LogP contribution < -0.4 is 10.6 Å². The van der Waals surface area contributed by atoms with Crippen LogP contribution in [0.2, 0.25) is 0 Å². The van der Waals surface area contributed by atoms with Gasteiger partial charge in [-0.1, -0.05) is 0 Å². The highest BCUT2D eigenvalue weighted by Crippen LogP contribution is 2.27. The number of fused-ring (bicyclic) bond motifs is 2. The molecular formula is C27H34ClFN6O4S. The molecule has 3 N–H and O–H groups in total. The number of carbonyl (C=O) groups is 3. The Morgan fingerprint density at radius 2 is 1.95 bits per heavy atom. The minimum atomic E-state index is -0.536. The van der Waals surface area contributed by atoms with Crippen molar-refractivity contribution < 1.29 is 23.5 Å². The van der Waals surface area contributed by atoms with Crippen LogP contribution in [0.4, 0.5) is 4.39 Å². The SMILES string of the molecule is COCC(=O)N1CCC(NC(=O)c2cc3cc(F)ccc3[nH]2)C(NC(=O)c2nc3c(s2)CN(C(C)C)CC3)C1.Cl. The first-order chi connectivity index (χ1) is 18.7. The van der Waals surface area contributed by atoms with Crippen LogP contribution in [0.15, 0.2) is 24.3 Å². The number of amides is 3. The van der Waals surface area contributed by atoms with Crippen LogP contribution in [0.5, 0.6) is 0 Å². The fourth-order valence-electron chi connectivity index (χ4n) is 5.17. The van der Waals surface area contributed by atoms with Crippen molar-refractivity contribution in [2.24, 2.45) is 0 Å². The van der Waals surface area contributed by atoms with E-state index in [1.807, 2.05) is 0 Å². The summed E-state index contributed by atoms with van der Waals surface area (Å²) in [7, 11) is 1.46. The average Bonchev–Trinajstić information content (AvgIpc) is 3.53. The van der Waals surface area contributed by atoms with Gasteiger partial charge in [0.1, 0.15) is 18.1 Å². The molecule has 0 aliphatic carbocycles. The lowest BCUT2D eigenvalue weighted by atomic mass is 9.98. The van der Waals surface area contributed by atoms with Gasteiger partial charge in [-0.05, 0) is 44.5 Å². The second kappa shape index (κ2) is 12.6. The topological polar surface area (TPSA) is 120 Å². The van der Waals surface area contributed by atoms with E-state index in [9.17, 15) is 18.8 Å². The monoisotopic (exact) mass is 592 g/mol. The van der Waals surface area contributed by atoms with Gasteiger partial charge in [0, 0.05) is 61.5 Å². The summed E-state index contributed by atoms with van der Waals surface area (Å²) < 4.78 is 18.6. The Morgan fingerprint density at radius 3 is 2.70 bits per heavy atom. The fraction of sp³-hybridized carbons (Fsp3) is 0.481. The van der Waals surface area contributed by atoms with E-state index in [0.717, 1.165) is 30.1 Å². The molecule has 0 spiro atoms. The lowest BCUT2D eigenvalue weighted by molar-refractivity contribution is -0.136. The molecule has 40 heavy (non-hydrogen) atoms. The lowest BCUT2D eigenvalue weighted by Crippen LogP contribution is -2.61. The number of carbonyl (C=O) groups excluding carboxylic acids is 3. The van der Waals surface area contributed by atoms with Gasteiger partial charge in [0.25, 0.3) is 11.8 Å². The molecule has 3 amide bonds. The number of piperidine rings is 1. The predicted octanol–water partition coefficient (Wildman–Crippen LogP) is 2.73. The number of benzene rings is 1. The first-order valence-electron chi connectivity index (χ1n) is 13.1. The van der Waals surface area contributed by atoms with Gasteiger partial charge in [0.05, 0.1) is 17.8 Å². The molecule has 10 nitrogen and oxygen atoms in total. The summed E-state index contributed by atoms with van der Waals surface area (Å²) in [6, 6.07) is 5.32. The highest BCUT2D eigenvalue weighted by Gasteiger charge is 2.35. The largest absolute Gasteiger partial charge is 0.375 e. The number of rotatable bonds is 7. The van der Waals surface area contributed by atoms with Crippen LogP contribution in [-0.4, -0.2) is 89.0 Å². The Hall–Kier alpha value is -3.06. The third-order valence-corrected chi connectivity index (χ3v) is 8.46. The maximum absolute atomic E-state index is 13.6. The Morgan fingerprint density at radius 1 is 1.18 bits per heavy atom. The van der Waals surface area contributed by atoms with Crippen LogP contribution >= 0.6 is 23.7 Å². The number of likely N-dealkylation sites (tertiary alicyclic amines) is 1. The highest BCUT2D eigenvalue weighted by atomic mass is 35.5. The second-order valence-electron chi connectivity index (χ2n) is 10.3. The highest BCUT2D eigenvalue weighted by molar-refractivity contribution is 7.13. The summed E-state index contributed by atoms with van der Waals surface area (Å²) in [4.78, 5) is 51.7. The van der Waals surface area contributed by atoms with Crippen molar-refractivity contribution in [3.63, 3.8) is 0 Å². The molecule has 4 heterocycles. The van der Waals surface area contributed by atoms with Gasteiger partial charge in [0.2, 0.25) is 5.91 Å². The summed E-state index contributed by atoms with van der Waals surface area (Å²) in [5.41, 5.74) is 1.90. The van der Waals surface area contributed by atoms with E-state index in [0.29, 0.717) is 40.6 Å². The maximum Gasteiger partial charge on any atom is 0.280 e. The van der Waals surface area contributed by atoms with Crippen LogP contribution in [-0.2, 0) is 22.5 Å². The van der Waals surface area contributed by atoms with Crippen molar-refractivity contribution in [2.45, 2.75) is 51.4 Å². The van der Waals surface area contributed by atoms with Crippen molar-refractivity contribution >= 4 is 52.4 Å². The van der Waals surface area contributed by atoms with E-state index < -0.39 is 12.1 Å². The van der Waals surface area contributed by atoms with Crippen LogP contribution in [0.25, 0.3) is 10.9 Å². The lowest BCUT2D eigenvalue weighted by Gasteiger charge is -2.39. The Labute approximate surface area is 242 Å². The van der Waals surface area contributed by atoms with Crippen LogP contribution in [0, 0.1) is 5.82 Å². The number of hydrogen-bond donors (Lipinski definition) is 3. The van der Waals surface area contributed by atoms with E-state index in [4.69, 9.17) is 4.74 Å². The van der Waals surface area contributed by atoms with Gasteiger partial charge in [-0.2, -0.15) is 0 Å². The zero-order valence-corrected chi connectivity index (χ0v) is 24.3. The number of aromatic nitrogens is 2. The zero-order chi connectivity index (χ0) is 27.7. The molecule has 2 aromatic heterocycles. The van der Waals surface area contributed by atoms with Gasteiger partial charge in [0.15, 0.2) is 5.01 Å². The molecule has 1 saturated heterocycles. The number of H-pyrrole nitrogens is 1. The quantitative estimate of drug-likeness (QED) is 0.388. The van der Waals surface area contributed by atoms with Crippen molar-refractivity contribution in [1.82, 2.24) is 30.4 Å². The number of halogens is 2. The van der Waals surface area contributed by atoms with Crippen molar-refractivity contribution in [2.75, 3.05) is 33.4 Å². The number of nitrogens with zero attached hydrogens (tertiary/aromatic N) is 3. The first-order valence-corrected chi connectivity index (χ1v) is 13.9. The molecule has 13 heteroatoms. The standard InChI is InChI=1S/C27H33FN6O4S.ClH/c1-15(2)33-8-7-20-23(13-33)39-27(32-20)26(37)31-22-12-34(24(35)14-38-3)9-6-19(22)30-25(36)21-11-16-10-17(28)4-5-18(16)29-21;/h4-5,10-11,15,19,22,29H,6-9,12-14H2,1-3H3,(H,30,36)(H,31,37);1H. The Balaban J connectivity index is 0.00000370. The summed E-state index contributed by atoms with van der Waals surface area (Å²) in [6.07, 6.45) is 1.24. The minimum absolute atomic E-state index is 0. The first kappa shape index (κ1) is 29.9. The van der Waals surface area contributed by atoms with E-state index in [1.165, 1.54) is 30.6 Å². The predicted molar refractivity (Wildman–Crippen MR) is 152 cm³/mol. The molecule has 216 valence electrons. The third kappa shape index (κ3) is 6.46.